The quantitative estimate of drug-likeness (QED) is 0.367. The number of aromatic hydroxyl groups is 1. The van der Waals surface area contributed by atoms with E-state index in [9.17, 15) is 19.5 Å². The molecule has 0 bridgehead atoms. The fraction of sp³-hybridized carbons (Fsp3) is 0.389. The summed E-state index contributed by atoms with van der Waals surface area (Å²) in [6, 6.07) is 4.76. The predicted octanol–water partition coefficient (Wildman–Crippen LogP) is 2.78. The summed E-state index contributed by atoms with van der Waals surface area (Å²) in [5, 5.41) is 13.6. The number of carbonyl (C=O) groups excluding carboxylic acids is 1. The van der Waals surface area contributed by atoms with E-state index in [1.165, 1.54) is 14.1 Å². The van der Waals surface area contributed by atoms with Gasteiger partial charge in [0.25, 0.3) is 16.8 Å². The Balaban J connectivity index is 2.42. The minimum absolute atomic E-state index is 0.0436. The smallest absolute Gasteiger partial charge is 0.257 e. The van der Waals surface area contributed by atoms with Crippen molar-refractivity contribution in [1.82, 2.24) is 4.90 Å². The van der Waals surface area contributed by atoms with E-state index in [1.54, 1.807) is 26.2 Å². The standard InChI is InChI=1S/C18H22IN3O4/c1-5-7-10(2)20-13-14(17(25)16(13)24)22(19)12-9-6-8-11(15(12)23)18(26)21(3)4/h6,8-10,20,23H,5,7H2,1-4H3/t10-/m1/s1. The molecule has 1 atom stereocenters. The molecule has 2 rings (SSSR count). The second-order valence-corrected chi connectivity index (χ2v) is 7.33. The van der Waals surface area contributed by atoms with Crippen LogP contribution in [0.15, 0.2) is 27.8 Å². The van der Waals surface area contributed by atoms with E-state index in [1.807, 2.05) is 36.7 Å². The van der Waals surface area contributed by atoms with Gasteiger partial charge in [0.1, 0.15) is 11.4 Å². The van der Waals surface area contributed by atoms with E-state index >= 15 is 0 Å². The highest BCUT2D eigenvalue weighted by atomic mass is 127. The van der Waals surface area contributed by atoms with Gasteiger partial charge in [-0.25, -0.2) is 0 Å². The highest BCUT2D eigenvalue weighted by molar-refractivity contribution is 14.1. The largest absolute Gasteiger partial charge is 0.505 e. The lowest BCUT2D eigenvalue weighted by Gasteiger charge is -2.25. The van der Waals surface area contributed by atoms with Crippen LogP contribution < -0.4 is 19.3 Å². The third kappa shape index (κ3) is 3.69. The summed E-state index contributed by atoms with van der Waals surface area (Å²) in [6.45, 7) is 3.98. The zero-order chi connectivity index (χ0) is 19.6. The van der Waals surface area contributed by atoms with Gasteiger partial charge in [-0.15, -0.1) is 0 Å². The van der Waals surface area contributed by atoms with Gasteiger partial charge in [-0.3, -0.25) is 17.5 Å². The zero-order valence-electron chi connectivity index (χ0n) is 15.2. The number of carbonyl (C=O) groups is 1. The van der Waals surface area contributed by atoms with Crippen LogP contribution in [0.3, 0.4) is 0 Å². The molecule has 0 radical (unpaired) electrons. The molecule has 2 N–H and O–H groups in total. The van der Waals surface area contributed by atoms with Gasteiger partial charge in [0, 0.05) is 20.1 Å². The topological polar surface area (TPSA) is 89.9 Å². The van der Waals surface area contributed by atoms with Gasteiger partial charge in [0.05, 0.1) is 34.1 Å². The lowest BCUT2D eigenvalue weighted by Crippen LogP contribution is -2.40. The van der Waals surface area contributed by atoms with Gasteiger partial charge >= 0.3 is 0 Å². The van der Waals surface area contributed by atoms with Crippen molar-refractivity contribution in [3.05, 3.63) is 44.2 Å². The molecule has 0 aliphatic carbocycles. The molecular formula is C18H22IN3O4. The molecule has 0 aliphatic heterocycles. The Labute approximate surface area is 165 Å². The van der Waals surface area contributed by atoms with E-state index in [4.69, 9.17) is 0 Å². The SMILES string of the molecule is CCC[C@@H](C)Nc1c(N(I)c2cccc(C(=O)N(C)C)c2O)c(=O)c1=O. The van der Waals surface area contributed by atoms with E-state index in [-0.39, 0.29) is 40.3 Å². The summed E-state index contributed by atoms with van der Waals surface area (Å²) in [7, 11) is 3.17. The number of anilines is 3. The van der Waals surface area contributed by atoms with Crippen molar-refractivity contribution in [1.29, 1.82) is 0 Å². The summed E-state index contributed by atoms with van der Waals surface area (Å²) in [5.41, 5.74) is -0.352. The van der Waals surface area contributed by atoms with Gasteiger partial charge in [-0.2, -0.15) is 0 Å². The number of nitrogens with zero attached hydrogens (tertiary/aromatic N) is 2. The average Bonchev–Trinajstić information content (AvgIpc) is 2.60. The molecule has 2 aromatic rings. The number of hydrogen-bond acceptors (Lipinski definition) is 6. The molecule has 0 fully saturated rings. The van der Waals surface area contributed by atoms with Crippen LogP contribution in [0.1, 0.15) is 37.0 Å². The number of hydrogen-bond donors (Lipinski definition) is 2. The maximum atomic E-state index is 12.2. The number of phenolic OH excluding ortho intramolecular Hbond substituents is 1. The molecular weight excluding hydrogens is 449 g/mol. The van der Waals surface area contributed by atoms with Crippen LogP contribution in [0.4, 0.5) is 17.1 Å². The highest BCUT2D eigenvalue weighted by Crippen LogP contribution is 2.40. The van der Waals surface area contributed by atoms with Crippen LogP contribution in [0.5, 0.6) is 5.75 Å². The Morgan fingerprint density at radius 1 is 1.27 bits per heavy atom. The summed E-state index contributed by atoms with van der Waals surface area (Å²) >= 11 is 1.85. The van der Waals surface area contributed by atoms with Crippen LogP contribution in [0.25, 0.3) is 0 Å². The van der Waals surface area contributed by atoms with Crippen LogP contribution in [0, 0.1) is 0 Å². The van der Waals surface area contributed by atoms with Crippen molar-refractivity contribution in [2.45, 2.75) is 32.7 Å². The van der Waals surface area contributed by atoms with Gasteiger partial charge < -0.3 is 15.3 Å². The van der Waals surface area contributed by atoms with Crippen molar-refractivity contribution >= 4 is 45.8 Å². The first kappa shape index (κ1) is 20.2. The van der Waals surface area contributed by atoms with E-state index in [0.29, 0.717) is 0 Å². The summed E-state index contributed by atoms with van der Waals surface area (Å²) in [4.78, 5) is 37.6. The van der Waals surface area contributed by atoms with Crippen molar-refractivity contribution in [3.8, 4) is 5.75 Å². The van der Waals surface area contributed by atoms with Crippen LogP contribution in [-0.4, -0.2) is 36.1 Å². The first-order chi connectivity index (χ1) is 12.2. The number of rotatable bonds is 7. The molecule has 0 aromatic heterocycles. The van der Waals surface area contributed by atoms with Crippen molar-refractivity contribution < 1.29 is 9.90 Å². The molecule has 0 heterocycles. The predicted molar refractivity (Wildman–Crippen MR) is 112 cm³/mol. The van der Waals surface area contributed by atoms with Crippen molar-refractivity contribution in [3.63, 3.8) is 0 Å². The lowest BCUT2D eigenvalue weighted by atomic mass is 10.1. The molecule has 0 saturated carbocycles. The zero-order valence-corrected chi connectivity index (χ0v) is 17.3. The molecule has 1 amide bonds. The first-order valence-corrected chi connectivity index (χ1v) is 9.26. The van der Waals surface area contributed by atoms with Gasteiger partial charge in [0.2, 0.25) is 0 Å². The number of phenols is 1. The lowest BCUT2D eigenvalue weighted by molar-refractivity contribution is 0.0824. The average molecular weight is 471 g/mol. The molecule has 0 unspecified atom stereocenters. The van der Waals surface area contributed by atoms with Gasteiger partial charge in [-0.1, -0.05) is 19.4 Å². The minimum Gasteiger partial charge on any atom is -0.505 e. The van der Waals surface area contributed by atoms with Gasteiger partial charge in [0.15, 0.2) is 5.75 Å². The minimum atomic E-state index is -0.616. The molecule has 7 nitrogen and oxygen atoms in total. The molecule has 0 saturated heterocycles. The maximum Gasteiger partial charge on any atom is 0.257 e. The Morgan fingerprint density at radius 3 is 2.50 bits per heavy atom. The van der Waals surface area contributed by atoms with Crippen LogP contribution in [0.2, 0.25) is 0 Å². The van der Waals surface area contributed by atoms with E-state index in [2.05, 4.69) is 5.32 Å². The maximum absolute atomic E-state index is 12.2. The van der Waals surface area contributed by atoms with E-state index < -0.39 is 10.9 Å². The van der Waals surface area contributed by atoms with Crippen molar-refractivity contribution in [2.75, 3.05) is 22.5 Å². The molecule has 2 aromatic carbocycles. The highest BCUT2D eigenvalue weighted by Gasteiger charge is 2.29. The number of para-hydroxylation sites is 1. The number of amides is 1. The summed E-state index contributed by atoms with van der Waals surface area (Å²) < 4.78 is 1.42. The fourth-order valence-electron chi connectivity index (χ4n) is 2.68. The summed E-state index contributed by atoms with van der Waals surface area (Å²) in [6.07, 6.45) is 1.81. The molecule has 0 aliphatic rings. The molecule has 8 heteroatoms. The van der Waals surface area contributed by atoms with E-state index in [0.717, 1.165) is 12.8 Å². The third-order valence-corrected chi connectivity index (χ3v) is 5.06. The number of nitrogens with one attached hydrogen (secondary N) is 1. The molecule has 26 heavy (non-hydrogen) atoms. The first-order valence-electron chi connectivity index (χ1n) is 8.30. The second-order valence-electron chi connectivity index (χ2n) is 6.37. The molecule has 140 valence electrons. The summed E-state index contributed by atoms with van der Waals surface area (Å²) in [5.74, 6) is -0.588. The third-order valence-electron chi connectivity index (χ3n) is 4.06. The Hall–Kier alpha value is -2.10. The normalized spacial score (nSPS) is 12.0. The number of benzene rings is 1. The Morgan fingerprint density at radius 2 is 1.92 bits per heavy atom. The van der Waals surface area contributed by atoms with Gasteiger partial charge in [-0.05, 0) is 25.5 Å². The fourth-order valence-corrected chi connectivity index (χ4v) is 3.53. The number of halogens is 1. The van der Waals surface area contributed by atoms with Crippen molar-refractivity contribution in [2.24, 2.45) is 0 Å². The Kier molecular flexibility index (Phi) is 6.27. The Bertz CT molecular complexity index is 887. The monoisotopic (exact) mass is 471 g/mol. The van der Waals surface area contributed by atoms with Crippen LogP contribution in [-0.2, 0) is 0 Å². The second kappa shape index (κ2) is 8.07. The molecule has 0 spiro atoms. The van der Waals surface area contributed by atoms with Crippen LogP contribution >= 0.6 is 22.9 Å².